The van der Waals surface area contributed by atoms with Gasteiger partial charge in [0.1, 0.15) is 16.2 Å². The van der Waals surface area contributed by atoms with Crippen LogP contribution < -0.4 is 4.90 Å². The fourth-order valence-corrected chi connectivity index (χ4v) is 9.19. The summed E-state index contributed by atoms with van der Waals surface area (Å²) < 4.78 is 7.63. The molecule has 11 rings (SSSR count). The minimum absolute atomic E-state index is 0.859. The number of hydrogen-bond acceptors (Lipinski definition) is 4. The minimum atomic E-state index is 0.859. The Morgan fingerprint density at radius 3 is 1.89 bits per heavy atom. The minimum Gasteiger partial charge on any atom is -0.456 e. The van der Waals surface area contributed by atoms with E-state index >= 15 is 0 Å². The Bertz CT molecular complexity index is 3200. The van der Waals surface area contributed by atoms with Crippen molar-refractivity contribution in [2.24, 2.45) is 0 Å². The third kappa shape index (κ3) is 5.38. The summed E-state index contributed by atoms with van der Waals surface area (Å²) in [6.45, 7) is 0. The van der Waals surface area contributed by atoms with E-state index in [1.165, 1.54) is 38.2 Å². The first kappa shape index (κ1) is 31.5. The SMILES string of the molecule is c1ccc(-c2cccc(N(c3ccc(-c4cc5ccccc5c5ccccc45)cc3)c3ccc4oc5ccc6nc(-c7ccccc7)sc6c5c4c3)c2)cc1. The van der Waals surface area contributed by atoms with Crippen LogP contribution in [-0.4, -0.2) is 4.98 Å². The Balaban J connectivity index is 1.09. The van der Waals surface area contributed by atoms with E-state index in [1.54, 1.807) is 11.3 Å². The predicted molar refractivity (Wildman–Crippen MR) is 233 cm³/mol. The van der Waals surface area contributed by atoms with Crippen molar-refractivity contribution in [1.82, 2.24) is 4.98 Å². The molecule has 0 N–H and O–H groups in total. The molecule has 0 fully saturated rings. The molecule has 0 aliphatic rings. The van der Waals surface area contributed by atoms with Crippen molar-refractivity contribution < 1.29 is 4.42 Å². The van der Waals surface area contributed by atoms with Gasteiger partial charge in [-0.1, -0.05) is 133 Å². The highest BCUT2D eigenvalue weighted by molar-refractivity contribution is 7.22. The molecule has 258 valence electrons. The topological polar surface area (TPSA) is 29.3 Å². The number of anilines is 3. The van der Waals surface area contributed by atoms with Gasteiger partial charge in [-0.3, -0.25) is 0 Å². The van der Waals surface area contributed by atoms with Gasteiger partial charge in [0.2, 0.25) is 0 Å². The van der Waals surface area contributed by atoms with Crippen molar-refractivity contribution in [3.8, 4) is 32.8 Å². The third-order valence-electron chi connectivity index (χ3n) is 10.7. The van der Waals surface area contributed by atoms with Crippen molar-refractivity contribution in [2.75, 3.05) is 4.90 Å². The van der Waals surface area contributed by atoms with Crippen LogP contribution in [0.4, 0.5) is 17.1 Å². The second kappa shape index (κ2) is 12.8. The quantitative estimate of drug-likeness (QED) is 0.160. The fourth-order valence-electron chi connectivity index (χ4n) is 8.06. The summed E-state index contributed by atoms with van der Waals surface area (Å²) in [5.74, 6) is 0. The Morgan fingerprint density at radius 1 is 0.418 bits per heavy atom. The van der Waals surface area contributed by atoms with Gasteiger partial charge < -0.3 is 9.32 Å². The molecule has 2 heterocycles. The van der Waals surface area contributed by atoms with Crippen LogP contribution in [0.5, 0.6) is 0 Å². The Labute approximate surface area is 322 Å². The largest absolute Gasteiger partial charge is 0.456 e. The summed E-state index contributed by atoms with van der Waals surface area (Å²) in [4.78, 5) is 7.40. The van der Waals surface area contributed by atoms with Gasteiger partial charge in [0, 0.05) is 33.4 Å². The number of nitrogens with zero attached hydrogens (tertiary/aromatic N) is 2. The molecule has 0 bridgehead atoms. The first-order chi connectivity index (χ1) is 27.2. The number of hydrogen-bond donors (Lipinski definition) is 0. The van der Waals surface area contributed by atoms with E-state index in [0.717, 1.165) is 65.4 Å². The molecule has 0 unspecified atom stereocenters. The normalized spacial score (nSPS) is 11.6. The van der Waals surface area contributed by atoms with Crippen LogP contribution in [-0.2, 0) is 0 Å². The Hall–Kier alpha value is -7.01. The smallest absolute Gasteiger partial charge is 0.137 e. The standard InChI is InChI=1S/C51H32N2OS/c1-3-12-33(13-4-1)36-17-11-18-39(30-36)53(38-24-22-34(23-25-38)44-31-37-16-7-8-19-41(37)42-20-9-10-21-43(42)44)40-26-28-47-45(32-40)49-48(54-47)29-27-46-50(49)55-51(52-46)35-14-5-2-6-15-35/h1-32H. The summed E-state index contributed by atoms with van der Waals surface area (Å²) >= 11 is 1.72. The van der Waals surface area contributed by atoms with E-state index < -0.39 is 0 Å². The lowest BCUT2D eigenvalue weighted by atomic mass is 9.93. The van der Waals surface area contributed by atoms with Crippen LogP contribution in [0.2, 0.25) is 0 Å². The highest BCUT2D eigenvalue weighted by Crippen LogP contribution is 2.44. The van der Waals surface area contributed by atoms with Crippen LogP contribution in [0.3, 0.4) is 0 Å². The molecule has 55 heavy (non-hydrogen) atoms. The number of rotatable bonds is 6. The second-order valence-corrected chi connectivity index (χ2v) is 14.9. The Morgan fingerprint density at radius 2 is 1.07 bits per heavy atom. The van der Waals surface area contributed by atoms with Crippen molar-refractivity contribution in [3.63, 3.8) is 0 Å². The number of aromatic nitrogens is 1. The van der Waals surface area contributed by atoms with Crippen molar-refractivity contribution in [1.29, 1.82) is 0 Å². The maximum absolute atomic E-state index is 6.49. The maximum atomic E-state index is 6.49. The zero-order chi connectivity index (χ0) is 36.3. The highest BCUT2D eigenvalue weighted by Gasteiger charge is 2.20. The van der Waals surface area contributed by atoms with Gasteiger partial charge in [0.05, 0.1) is 10.2 Å². The molecule has 3 nitrogen and oxygen atoms in total. The van der Waals surface area contributed by atoms with Gasteiger partial charge in [-0.25, -0.2) is 4.98 Å². The molecule has 0 radical (unpaired) electrons. The molecule has 0 atom stereocenters. The predicted octanol–water partition coefficient (Wildman–Crippen LogP) is 15.0. The van der Waals surface area contributed by atoms with Gasteiger partial charge in [-0.15, -0.1) is 11.3 Å². The fraction of sp³-hybridized carbons (Fsp3) is 0. The Kier molecular flexibility index (Phi) is 7.35. The van der Waals surface area contributed by atoms with Gasteiger partial charge >= 0.3 is 0 Å². The van der Waals surface area contributed by atoms with E-state index in [9.17, 15) is 0 Å². The van der Waals surface area contributed by atoms with Crippen molar-refractivity contribution >= 4 is 82.1 Å². The molecule has 11 aromatic rings. The molecular weight excluding hydrogens is 689 g/mol. The monoisotopic (exact) mass is 720 g/mol. The molecule has 0 amide bonds. The van der Waals surface area contributed by atoms with Crippen LogP contribution in [0.15, 0.2) is 199 Å². The van der Waals surface area contributed by atoms with Crippen LogP contribution in [0.25, 0.3) is 86.5 Å². The highest BCUT2D eigenvalue weighted by atomic mass is 32.1. The zero-order valence-electron chi connectivity index (χ0n) is 29.7. The van der Waals surface area contributed by atoms with Gasteiger partial charge in [0.15, 0.2) is 0 Å². The lowest BCUT2D eigenvalue weighted by molar-refractivity contribution is 0.669. The summed E-state index contributed by atoms with van der Waals surface area (Å²) in [6.07, 6.45) is 0. The molecule has 4 heteroatoms. The molecule has 0 spiro atoms. The van der Waals surface area contributed by atoms with E-state index in [-0.39, 0.29) is 0 Å². The van der Waals surface area contributed by atoms with E-state index in [2.05, 4.69) is 193 Å². The van der Waals surface area contributed by atoms with Gasteiger partial charge in [0.25, 0.3) is 0 Å². The number of benzene rings is 9. The molecule has 0 saturated heterocycles. The first-order valence-electron chi connectivity index (χ1n) is 18.5. The lowest BCUT2D eigenvalue weighted by Crippen LogP contribution is -2.10. The zero-order valence-corrected chi connectivity index (χ0v) is 30.5. The van der Waals surface area contributed by atoms with Crippen LogP contribution in [0.1, 0.15) is 0 Å². The molecule has 0 aliphatic carbocycles. The second-order valence-electron chi connectivity index (χ2n) is 13.9. The third-order valence-corrected chi connectivity index (χ3v) is 11.8. The van der Waals surface area contributed by atoms with Crippen LogP contribution >= 0.6 is 11.3 Å². The lowest BCUT2D eigenvalue weighted by Gasteiger charge is -2.26. The van der Waals surface area contributed by atoms with Crippen molar-refractivity contribution in [2.45, 2.75) is 0 Å². The molecule has 0 saturated carbocycles. The number of furan rings is 1. The molecule has 2 aromatic heterocycles. The molecule has 9 aromatic carbocycles. The summed E-state index contributed by atoms with van der Waals surface area (Å²) in [5.41, 5.74) is 11.8. The summed E-state index contributed by atoms with van der Waals surface area (Å²) in [6, 6.07) is 69.2. The first-order valence-corrected chi connectivity index (χ1v) is 19.3. The average Bonchev–Trinajstić information content (AvgIpc) is 3.86. The van der Waals surface area contributed by atoms with Crippen molar-refractivity contribution in [3.05, 3.63) is 194 Å². The van der Waals surface area contributed by atoms with E-state index in [4.69, 9.17) is 9.40 Å². The summed E-state index contributed by atoms with van der Waals surface area (Å²) in [7, 11) is 0. The van der Waals surface area contributed by atoms with Crippen LogP contribution in [0, 0.1) is 0 Å². The number of fused-ring (bicyclic) bond motifs is 8. The summed E-state index contributed by atoms with van der Waals surface area (Å²) in [5, 5.41) is 8.22. The van der Waals surface area contributed by atoms with E-state index in [1.807, 2.05) is 6.07 Å². The number of thiazole rings is 1. The molecule has 0 aliphatic heterocycles. The molecular formula is C51H32N2OS. The van der Waals surface area contributed by atoms with E-state index in [0.29, 0.717) is 0 Å². The van der Waals surface area contributed by atoms with Gasteiger partial charge in [-0.05, 0) is 104 Å². The average molecular weight is 721 g/mol. The maximum Gasteiger partial charge on any atom is 0.137 e. The van der Waals surface area contributed by atoms with Gasteiger partial charge in [-0.2, -0.15) is 0 Å².